The van der Waals surface area contributed by atoms with Gasteiger partial charge in [0, 0.05) is 5.56 Å². The molecule has 0 amide bonds. The molecule has 1 heterocycles. The Morgan fingerprint density at radius 2 is 2.07 bits per heavy atom. The van der Waals surface area contributed by atoms with Gasteiger partial charge in [0.1, 0.15) is 12.4 Å². The minimum Gasteiger partial charge on any atom is -0.489 e. The van der Waals surface area contributed by atoms with E-state index in [1.54, 1.807) is 6.07 Å². The molecule has 1 aromatic carbocycles. The summed E-state index contributed by atoms with van der Waals surface area (Å²) in [5.41, 5.74) is 1.66. The maximum atomic E-state index is 8.62. The molecule has 1 aliphatic heterocycles. The van der Waals surface area contributed by atoms with Crippen molar-refractivity contribution in [1.82, 2.24) is 0 Å². The van der Waals surface area contributed by atoms with Crippen molar-refractivity contribution in [2.45, 2.75) is 0 Å². The average Bonchev–Trinajstić information content (AvgIpc) is 2.17. The minimum absolute atomic E-state index is 0. The number of rotatable bonds is 0. The van der Waals surface area contributed by atoms with Crippen molar-refractivity contribution >= 4 is 30.9 Å². The van der Waals surface area contributed by atoms with Crippen LogP contribution in [0.25, 0.3) is 6.08 Å². The Bertz CT molecular complexity index is 382. The average molecular weight is 230 g/mol. The third-order valence-electron chi connectivity index (χ3n) is 1.77. The van der Waals surface area contributed by atoms with E-state index in [0.717, 1.165) is 11.3 Å². The zero-order chi connectivity index (χ0) is 8.39. The maximum Gasteiger partial charge on any atom is 0.127 e. The molecule has 0 fully saturated rings. The Morgan fingerprint density at radius 3 is 2.79 bits per heavy atom. The summed E-state index contributed by atoms with van der Waals surface area (Å²) in [7, 11) is 0. The number of benzene rings is 1. The number of ether oxygens (including phenoxy) is 1. The number of nitrogens with zero attached hydrogens (tertiary/aromatic N) is 1. The Labute approximate surface area is 95.0 Å². The van der Waals surface area contributed by atoms with Gasteiger partial charge in [0.15, 0.2) is 0 Å². The molecule has 0 spiro atoms. The molecule has 1 aliphatic rings. The van der Waals surface area contributed by atoms with E-state index in [-0.39, 0.29) is 24.8 Å². The van der Waals surface area contributed by atoms with Crippen LogP contribution < -0.4 is 4.74 Å². The summed E-state index contributed by atoms with van der Waals surface area (Å²) in [5.74, 6) is 0.858. The van der Waals surface area contributed by atoms with E-state index in [2.05, 4.69) is 6.07 Å². The van der Waals surface area contributed by atoms with Gasteiger partial charge in [-0.2, -0.15) is 5.26 Å². The van der Waals surface area contributed by atoms with Crippen molar-refractivity contribution in [3.63, 3.8) is 0 Å². The maximum absolute atomic E-state index is 8.62. The Morgan fingerprint density at radius 1 is 1.29 bits per heavy atom. The molecule has 1 aromatic rings. The fourth-order valence-corrected chi connectivity index (χ4v) is 1.19. The number of halogens is 2. The fraction of sp³-hybridized carbons (Fsp3) is 0.100. The van der Waals surface area contributed by atoms with Crippen LogP contribution in [-0.2, 0) is 0 Å². The van der Waals surface area contributed by atoms with Gasteiger partial charge in [0.25, 0.3) is 0 Å². The summed E-state index contributed by atoms with van der Waals surface area (Å²) in [6, 6.07) is 7.50. The molecular formula is C10H9Cl2NO. The summed E-state index contributed by atoms with van der Waals surface area (Å²) in [6.07, 6.45) is 3.91. The molecular weight excluding hydrogens is 221 g/mol. The van der Waals surface area contributed by atoms with Gasteiger partial charge >= 0.3 is 0 Å². The molecule has 0 saturated carbocycles. The molecule has 0 atom stereocenters. The van der Waals surface area contributed by atoms with Gasteiger partial charge in [0.2, 0.25) is 0 Å². The summed E-state index contributed by atoms with van der Waals surface area (Å²) < 4.78 is 5.33. The first-order chi connectivity index (χ1) is 5.90. The van der Waals surface area contributed by atoms with Gasteiger partial charge < -0.3 is 4.74 Å². The van der Waals surface area contributed by atoms with E-state index >= 15 is 0 Å². The molecule has 0 radical (unpaired) electrons. The van der Waals surface area contributed by atoms with Crippen molar-refractivity contribution < 1.29 is 4.74 Å². The Balaban J connectivity index is 0.000000845. The van der Waals surface area contributed by atoms with Gasteiger partial charge in [-0.05, 0) is 24.3 Å². The summed E-state index contributed by atoms with van der Waals surface area (Å²) >= 11 is 0. The van der Waals surface area contributed by atoms with Crippen LogP contribution in [0, 0.1) is 11.3 Å². The zero-order valence-corrected chi connectivity index (χ0v) is 8.90. The molecule has 0 bridgehead atoms. The zero-order valence-electron chi connectivity index (χ0n) is 7.27. The fourth-order valence-electron chi connectivity index (χ4n) is 1.19. The van der Waals surface area contributed by atoms with Gasteiger partial charge in [0.05, 0.1) is 11.6 Å². The highest BCUT2D eigenvalue weighted by molar-refractivity contribution is 5.85. The summed E-state index contributed by atoms with van der Waals surface area (Å²) in [6.45, 7) is 0.624. The first-order valence-corrected chi connectivity index (χ1v) is 3.73. The third kappa shape index (κ3) is 2.41. The lowest BCUT2D eigenvalue weighted by Gasteiger charge is -2.11. The standard InChI is InChI=1S/C10H7NO.2ClH/c11-7-8-3-4-10-9(6-8)2-1-5-12-10;;/h1-4,6H,5H2;2*1H. The van der Waals surface area contributed by atoms with E-state index in [0.29, 0.717) is 12.2 Å². The minimum atomic E-state index is 0. The highest BCUT2D eigenvalue weighted by Gasteiger charge is 2.04. The molecule has 2 rings (SSSR count). The van der Waals surface area contributed by atoms with Gasteiger partial charge in [-0.3, -0.25) is 0 Å². The molecule has 0 aromatic heterocycles. The lowest BCUT2D eigenvalue weighted by Crippen LogP contribution is -1.99. The van der Waals surface area contributed by atoms with E-state index in [1.165, 1.54) is 0 Å². The van der Waals surface area contributed by atoms with Crippen LogP contribution in [0.4, 0.5) is 0 Å². The van der Waals surface area contributed by atoms with Crippen LogP contribution in [0.15, 0.2) is 24.3 Å². The van der Waals surface area contributed by atoms with E-state index in [1.807, 2.05) is 24.3 Å². The van der Waals surface area contributed by atoms with Crippen LogP contribution in [0.5, 0.6) is 5.75 Å². The smallest absolute Gasteiger partial charge is 0.127 e. The van der Waals surface area contributed by atoms with E-state index in [9.17, 15) is 0 Å². The van der Waals surface area contributed by atoms with Crippen LogP contribution in [-0.4, -0.2) is 6.61 Å². The SMILES string of the molecule is Cl.Cl.N#Cc1ccc2c(c1)C=CCO2. The van der Waals surface area contributed by atoms with Gasteiger partial charge in [-0.25, -0.2) is 0 Å². The largest absolute Gasteiger partial charge is 0.489 e. The first kappa shape index (κ1) is 12.8. The van der Waals surface area contributed by atoms with Crippen molar-refractivity contribution in [1.29, 1.82) is 5.26 Å². The Hall–Kier alpha value is -1.17. The quantitative estimate of drug-likeness (QED) is 0.686. The highest BCUT2D eigenvalue weighted by atomic mass is 35.5. The molecule has 0 unspecified atom stereocenters. The van der Waals surface area contributed by atoms with Crippen LogP contribution in [0.2, 0.25) is 0 Å². The molecule has 0 saturated heterocycles. The summed E-state index contributed by atoms with van der Waals surface area (Å²) in [5, 5.41) is 8.62. The highest BCUT2D eigenvalue weighted by Crippen LogP contribution is 2.23. The number of hydrogen-bond acceptors (Lipinski definition) is 2. The van der Waals surface area contributed by atoms with Gasteiger partial charge in [-0.15, -0.1) is 24.8 Å². The third-order valence-corrected chi connectivity index (χ3v) is 1.77. The molecule has 0 aliphatic carbocycles. The van der Waals surface area contributed by atoms with Gasteiger partial charge in [-0.1, -0.05) is 6.08 Å². The number of fused-ring (bicyclic) bond motifs is 1. The normalized spacial score (nSPS) is 11.1. The summed E-state index contributed by atoms with van der Waals surface area (Å²) in [4.78, 5) is 0. The first-order valence-electron chi connectivity index (χ1n) is 3.73. The molecule has 14 heavy (non-hydrogen) atoms. The molecule has 0 N–H and O–H groups in total. The van der Waals surface area contributed by atoms with Crippen LogP contribution in [0.1, 0.15) is 11.1 Å². The second kappa shape index (κ2) is 5.54. The topological polar surface area (TPSA) is 33.0 Å². The van der Waals surface area contributed by atoms with Crippen LogP contribution >= 0.6 is 24.8 Å². The molecule has 74 valence electrons. The second-order valence-electron chi connectivity index (χ2n) is 2.58. The predicted octanol–water partition coefficient (Wildman–Crippen LogP) is 2.81. The Kier molecular flexibility index (Phi) is 5.07. The molecule has 2 nitrogen and oxygen atoms in total. The lowest BCUT2D eigenvalue weighted by atomic mass is 10.1. The van der Waals surface area contributed by atoms with E-state index < -0.39 is 0 Å². The van der Waals surface area contributed by atoms with Crippen molar-refractivity contribution in [2.24, 2.45) is 0 Å². The van der Waals surface area contributed by atoms with Crippen molar-refractivity contribution in [3.05, 3.63) is 35.4 Å². The van der Waals surface area contributed by atoms with Crippen LogP contribution in [0.3, 0.4) is 0 Å². The monoisotopic (exact) mass is 229 g/mol. The number of nitriles is 1. The van der Waals surface area contributed by atoms with Crippen molar-refractivity contribution in [3.8, 4) is 11.8 Å². The second-order valence-corrected chi connectivity index (χ2v) is 2.58. The van der Waals surface area contributed by atoms with Crippen molar-refractivity contribution in [2.75, 3.05) is 6.61 Å². The number of hydrogen-bond donors (Lipinski definition) is 0. The predicted molar refractivity (Wildman–Crippen MR) is 60.2 cm³/mol. The molecule has 4 heteroatoms. The van der Waals surface area contributed by atoms with E-state index in [4.69, 9.17) is 10.00 Å². The lowest BCUT2D eigenvalue weighted by molar-refractivity contribution is 0.358.